The predicted octanol–water partition coefficient (Wildman–Crippen LogP) is 2.81. The van der Waals surface area contributed by atoms with Gasteiger partial charge in [0.15, 0.2) is 6.10 Å². The fraction of sp³-hybridized carbons (Fsp3) is 0.500. The van der Waals surface area contributed by atoms with E-state index >= 15 is 0 Å². The highest BCUT2D eigenvalue weighted by molar-refractivity contribution is 5.37. The van der Waals surface area contributed by atoms with Crippen LogP contribution < -0.4 is 10.5 Å². The van der Waals surface area contributed by atoms with Gasteiger partial charge in [-0.3, -0.25) is 0 Å². The van der Waals surface area contributed by atoms with Gasteiger partial charge in [0.05, 0.1) is 0 Å². The number of nitrogens with two attached hydrogens (primary N) is 1. The second-order valence-corrected chi connectivity index (χ2v) is 5.42. The summed E-state index contributed by atoms with van der Waals surface area (Å²) in [5.74, 6) is 2.29. The van der Waals surface area contributed by atoms with Crippen LogP contribution in [0.15, 0.2) is 28.8 Å². The van der Waals surface area contributed by atoms with E-state index in [1.165, 1.54) is 12.0 Å². The van der Waals surface area contributed by atoms with Crippen molar-refractivity contribution in [3.8, 4) is 5.75 Å². The Bertz CT molecular complexity index is 557. The maximum atomic E-state index is 5.86. The molecule has 5 nitrogen and oxygen atoms in total. The highest BCUT2D eigenvalue weighted by Gasteiger charge is 2.28. The lowest BCUT2D eigenvalue weighted by Crippen LogP contribution is -2.05. The smallest absolute Gasteiger partial charge is 0.226 e. The number of rotatable bonds is 7. The van der Waals surface area contributed by atoms with Crippen molar-refractivity contribution < 1.29 is 9.26 Å². The molecule has 1 aromatic carbocycles. The minimum Gasteiger partial charge on any atom is -0.482 e. The van der Waals surface area contributed by atoms with Crippen molar-refractivity contribution in [3.63, 3.8) is 0 Å². The van der Waals surface area contributed by atoms with Gasteiger partial charge in [0, 0.05) is 12.8 Å². The Kier molecular flexibility index (Phi) is 4.50. The lowest BCUT2D eigenvalue weighted by Gasteiger charge is -2.04. The molecule has 0 saturated carbocycles. The molecular formula is C16H21N3O2. The Morgan fingerprint density at radius 3 is 2.86 bits per heavy atom. The van der Waals surface area contributed by atoms with E-state index < -0.39 is 0 Å². The molecule has 2 N–H and O–H groups in total. The van der Waals surface area contributed by atoms with Crippen molar-refractivity contribution in [3.05, 3.63) is 41.5 Å². The molecule has 112 valence electrons. The van der Waals surface area contributed by atoms with E-state index in [0.29, 0.717) is 11.7 Å². The van der Waals surface area contributed by atoms with Crippen LogP contribution in [-0.2, 0) is 12.8 Å². The Labute approximate surface area is 124 Å². The van der Waals surface area contributed by atoms with Crippen molar-refractivity contribution in [2.24, 2.45) is 5.73 Å². The molecule has 0 radical (unpaired) electrons. The number of fused-ring (bicyclic) bond motifs is 1. The zero-order valence-electron chi connectivity index (χ0n) is 12.1. The van der Waals surface area contributed by atoms with Crippen LogP contribution in [0.4, 0.5) is 0 Å². The molecule has 2 aromatic rings. The monoisotopic (exact) mass is 287 g/mol. The number of ether oxygens (including phenoxy) is 1. The zero-order valence-corrected chi connectivity index (χ0v) is 12.1. The zero-order chi connectivity index (χ0) is 14.5. The van der Waals surface area contributed by atoms with Gasteiger partial charge in [-0.15, -0.1) is 0 Å². The number of aryl methyl sites for hydroxylation is 1. The third-order valence-electron chi connectivity index (χ3n) is 3.76. The number of aromatic nitrogens is 2. The second kappa shape index (κ2) is 6.72. The lowest BCUT2D eigenvalue weighted by molar-refractivity contribution is 0.221. The first-order chi connectivity index (χ1) is 10.4. The summed E-state index contributed by atoms with van der Waals surface area (Å²) < 4.78 is 11.2. The molecule has 0 aliphatic carbocycles. The normalized spacial score (nSPS) is 16.7. The van der Waals surface area contributed by atoms with Crippen LogP contribution in [-0.4, -0.2) is 16.7 Å². The van der Waals surface area contributed by atoms with Gasteiger partial charge in [-0.05, 0) is 31.0 Å². The van der Waals surface area contributed by atoms with E-state index in [9.17, 15) is 0 Å². The summed E-state index contributed by atoms with van der Waals surface area (Å²) in [5.41, 5.74) is 6.68. The van der Waals surface area contributed by atoms with Gasteiger partial charge in [0.1, 0.15) is 5.75 Å². The topological polar surface area (TPSA) is 74.2 Å². The van der Waals surface area contributed by atoms with E-state index in [1.54, 1.807) is 0 Å². The van der Waals surface area contributed by atoms with Crippen LogP contribution in [0.5, 0.6) is 5.75 Å². The van der Waals surface area contributed by atoms with E-state index in [1.807, 2.05) is 18.2 Å². The Morgan fingerprint density at radius 1 is 1.14 bits per heavy atom. The summed E-state index contributed by atoms with van der Waals surface area (Å²) >= 11 is 0. The van der Waals surface area contributed by atoms with Gasteiger partial charge < -0.3 is 15.0 Å². The maximum absolute atomic E-state index is 5.86. The van der Waals surface area contributed by atoms with Crippen LogP contribution in [0.2, 0.25) is 0 Å². The Balaban J connectivity index is 1.52. The number of unbranched alkanes of at least 4 members (excludes halogenated alkanes) is 3. The molecule has 1 aromatic heterocycles. The highest BCUT2D eigenvalue weighted by Crippen LogP contribution is 2.35. The fourth-order valence-electron chi connectivity index (χ4n) is 2.60. The molecule has 0 amide bonds. The molecule has 1 aliphatic rings. The van der Waals surface area contributed by atoms with E-state index in [4.69, 9.17) is 15.0 Å². The van der Waals surface area contributed by atoms with Gasteiger partial charge in [-0.25, -0.2) is 0 Å². The average Bonchev–Trinajstić information content (AvgIpc) is 3.13. The Morgan fingerprint density at radius 2 is 2.00 bits per heavy atom. The largest absolute Gasteiger partial charge is 0.482 e. The van der Waals surface area contributed by atoms with Crippen LogP contribution >= 0.6 is 0 Å². The van der Waals surface area contributed by atoms with Gasteiger partial charge in [-0.2, -0.15) is 4.98 Å². The van der Waals surface area contributed by atoms with E-state index in [-0.39, 0.29) is 6.10 Å². The third-order valence-corrected chi connectivity index (χ3v) is 3.76. The molecule has 0 fully saturated rings. The van der Waals surface area contributed by atoms with Crippen LogP contribution in [0.1, 0.15) is 49.1 Å². The first kappa shape index (κ1) is 14.1. The highest BCUT2D eigenvalue weighted by atomic mass is 16.5. The van der Waals surface area contributed by atoms with Gasteiger partial charge >= 0.3 is 0 Å². The lowest BCUT2D eigenvalue weighted by atomic mass is 10.1. The summed E-state index contributed by atoms with van der Waals surface area (Å²) in [7, 11) is 0. The number of para-hydroxylation sites is 1. The molecule has 5 heteroatoms. The van der Waals surface area contributed by atoms with Crippen molar-refractivity contribution in [1.82, 2.24) is 10.1 Å². The molecule has 1 aliphatic heterocycles. The summed E-state index contributed by atoms with van der Waals surface area (Å²) in [5, 5.41) is 4.07. The summed E-state index contributed by atoms with van der Waals surface area (Å²) in [4.78, 5) is 4.47. The predicted molar refractivity (Wildman–Crippen MR) is 79.0 cm³/mol. The van der Waals surface area contributed by atoms with Crippen molar-refractivity contribution >= 4 is 0 Å². The summed E-state index contributed by atoms with van der Waals surface area (Å²) in [6.07, 6.45) is 6.00. The molecule has 1 atom stereocenters. The first-order valence-corrected chi connectivity index (χ1v) is 7.64. The summed E-state index contributed by atoms with van der Waals surface area (Å²) in [6.45, 7) is 0.768. The average molecular weight is 287 g/mol. The fourth-order valence-corrected chi connectivity index (χ4v) is 2.60. The second-order valence-electron chi connectivity index (χ2n) is 5.42. The van der Waals surface area contributed by atoms with Crippen molar-refractivity contribution in [2.45, 2.75) is 44.6 Å². The minimum absolute atomic E-state index is 0.114. The summed E-state index contributed by atoms with van der Waals surface area (Å²) in [6, 6.07) is 8.05. The van der Waals surface area contributed by atoms with E-state index in [0.717, 1.165) is 44.4 Å². The number of hydrogen-bond donors (Lipinski definition) is 1. The van der Waals surface area contributed by atoms with Crippen molar-refractivity contribution in [1.29, 1.82) is 0 Å². The van der Waals surface area contributed by atoms with Gasteiger partial charge in [-0.1, -0.05) is 36.2 Å². The molecule has 2 heterocycles. The SMILES string of the molecule is NCCCCCCc1nc(C2Cc3ccccc3O2)no1. The minimum atomic E-state index is -0.114. The number of hydrogen-bond acceptors (Lipinski definition) is 5. The maximum Gasteiger partial charge on any atom is 0.226 e. The first-order valence-electron chi connectivity index (χ1n) is 7.64. The van der Waals surface area contributed by atoms with Crippen LogP contribution in [0.3, 0.4) is 0 Å². The molecule has 0 spiro atoms. The molecular weight excluding hydrogens is 266 g/mol. The molecule has 1 unspecified atom stereocenters. The number of nitrogens with zero attached hydrogens (tertiary/aromatic N) is 2. The molecule has 0 saturated heterocycles. The third kappa shape index (κ3) is 3.42. The van der Waals surface area contributed by atoms with Gasteiger partial charge in [0.25, 0.3) is 0 Å². The Hall–Kier alpha value is -1.88. The van der Waals surface area contributed by atoms with E-state index in [2.05, 4.69) is 16.2 Å². The van der Waals surface area contributed by atoms with Crippen molar-refractivity contribution in [2.75, 3.05) is 6.54 Å². The standard InChI is InChI=1S/C16H21N3O2/c17-10-6-2-1-3-9-15-18-16(19-21-15)14-11-12-7-4-5-8-13(12)20-14/h4-5,7-8,14H,1-3,6,9-11,17H2. The van der Waals surface area contributed by atoms with Gasteiger partial charge in [0.2, 0.25) is 11.7 Å². The number of benzene rings is 1. The van der Waals surface area contributed by atoms with Crippen LogP contribution in [0, 0.1) is 0 Å². The van der Waals surface area contributed by atoms with Crippen LogP contribution in [0.25, 0.3) is 0 Å². The molecule has 3 rings (SSSR count). The molecule has 21 heavy (non-hydrogen) atoms. The quantitative estimate of drug-likeness (QED) is 0.793. The molecule has 0 bridgehead atoms.